The third-order valence-electron chi connectivity index (χ3n) is 4.37. The summed E-state index contributed by atoms with van der Waals surface area (Å²) in [5.41, 5.74) is 4.58. The van der Waals surface area contributed by atoms with Gasteiger partial charge in [0.25, 0.3) is 5.91 Å². The Kier molecular flexibility index (Phi) is 6.52. The zero-order valence-electron chi connectivity index (χ0n) is 16.3. The Hall–Kier alpha value is -3.31. The van der Waals surface area contributed by atoms with E-state index < -0.39 is 0 Å². The standard InChI is InChI=1S/C23H22ClN3O2/c1-15-7-12-20(16(2)13-15)27-22(28)14-25-21-6-4-3-5-19(21)23(29)26-18-10-8-17(24)9-11-18/h3-13,25H,14H2,1-2H3,(H,26,29)(H,27,28). The van der Waals surface area contributed by atoms with Crippen molar-refractivity contribution in [3.8, 4) is 0 Å². The number of hydrogen-bond acceptors (Lipinski definition) is 3. The fraction of sp³-hybridized carbons (Fsp3) is 0.130. The van der Waals surface area contributed by atoms with Gasteiger partial charge in [0.1, 0.15) is 0 Å². The average Bonchev–Trinajstić information content (AvgIpc) is 2.70. The predicted molar refractivity (Wildman–Crippen MR) is 119 cm³/mol. The first-order valence-electron chi connectivity index (χ1n) is 9.19. The van der Waals surface area contributed by atoms with Gasteiger partial charge in [-0.05, 0) is 61.9 Å². The number of carbonyl (C=O) groups is 2. The summed E-state index contributed by atoms with van der Waals surface area (Å²) in [4.78, 5) is 25.0. The van der Waals surface area contributed by atoms with Crippen LogP contribution in [-0.4, -0.2) is 18.4 Å². The molecular formula is C23H22ClN3O2. The third-order valence-corrected chi connectivity index (χ3v) is 4.62. The number of carbonyl (C=O) groups excluding carboxylic acids is 2. The van der Waals surface area contributed by atoms with Crippen LogP contribution in [-0.2, 0) is 4.79 Å². The van der Waals surface area contributed by atoms with Crippen LogP contribution in [0.5, 0.6) is 0 Å². The molecule has 0 radical (unpaired) electrons. The van der Waals surface area contributed by atoms with E-state index in [2.05, 4.69) is 16.0 Å². The monoisotopic (exact) mass is 407 g/mol. The molecule has 0 heterocycles. The van der Waals surface area contributed by atoms with Crippen LogP contribution >= 0.6 is 11.6 Å². The number of anilines is 3. The smallest absolute Gasteiger partial charge is 0.257 e. The molecule has 0 saturated heterocycles. The molecule has 148 valence electrons. The maximum absolute atomic E-state index is 12.6. The highest BCUT2D eigenvalue weighted by atomic mass is 35.5. The van der Waals surface area contributed by atoms with Crippen LogP contribution in [0.1, 0.15) is 21.5 Å². The average molecular weight is 408 g/mol. The van der Waals surface area contributed by atoms with Crippen molar-refractivity contribution in [2.75, 3.05) is 22.5 Å². The highest BCUT2D eigenvalue weighted by molar-refractivity contribution is 6.30. The molecule has 0 aliphatic rings. The van der Waals surface area contributed by atoms with Gasteiger partial charge < -0.3 is 16.0 Å². The number of halogens is 1. The fourth-order valence-corrected chi connectivity index (χ4v) is 3.02. The van der Waals surface area contributed by atoms with Crippen molar-refractivity contribution in [1.82, 2.24) is 0 Å². The van der Waals surface area contributed by atoms with E-state index in [9.17, 15) is 9.59 Å². The quantitative estimate of drug-likeness (QED) is 0.522. The summed E-state index contributed by atoms with van der Waals surface area (Å²) in [7, 11) is 0. The Bertz CT molecular complexity index is 1030. The molecule has 0 fully saturated rings. The van der Waals surface area contributed by atoms with Crippen LogP contribution in [0.2, 0.25) is 5.02 Å². The highest BCUT2D eigenvalue weighted by Crippen LogP contribution is 2.19. The predicted octanol–water partition coefficient (Wildman–Crippen LogP) is 5.26. The first-order valence-corrected chi connectivity index (χ1v) is 9.57. The topological polar surface area (TPSA) is 70.2 Å². The Morgan fingerprint density at radius 1 is 0.862 bits per heavy atom. The number of nitrogens with one attached hydrogen (secondary N) is 3. The van der Waals surface area contributed by atoms with Crippen molar-refractivity contribution >= 4 is 40.5 Å². The lowest BCUT2D eigenvalue weighted by atomic mass is 10.1. The van der Waals surface area contributed by atoms with Crippen molar-refractivity contribution < 1.29 is 9.59 Å². The van der Waals surface area contributed by atoms with Crippen LogP contribution in [0.25, 0.3) is 0 Å². The van der Waals surface area contributed by atoms with Gasteiger partial charge in [0.15, 0.2) is 0 Å². The van der Waals surface area contributed by atoms with E-state index in [1.165, 1.54) is 0 Å². The minimum absolute atomic E-state index is 0.0402. The molecule has 5 nitrogen and oxygen atoms in total. The van der Waals surface area contributed by atoms with Gasteiger partial charge in [0.05, 0.1) is 12.1 Å². The van der Waals surface area contributed by atoms with E-state index in [4.69, 9.17) is 11.6 Å². The first kappa shape index (κ1) is 20.4. The van der Waals surface area contributed by atoms with E-state index in [0.29, 0.717) is 22.0 Å². The molecule has 0 saturated carbocycles. The molecule has 3 aromatic rings. The summed E-state index contributed by atoms with van der Waals surface area (Å²) in [6.07, 6.45) is 0. The van der Waals surface area contributed by atoms with Gasteiger partial charge >= 0.3 is 0 Å². The molecule has 3 aromatic carbocycles. The Morgan fingerprint density at radius 2 is 1.59 bits per heavy atom. The minimum atomic E-state index is -0.273. The lowest BCUT2D eigenvalue weighted by molar-refractivity contribution is -0.114. The van der Waals surface area contributed by atoms with E-state index in [1.54, 1.807) is 42.5 Å². The molecule has 3 N–H and O–H groups in total. The lowest BCUT2D eigenvalue weighted by Gasteiger charge is -2.13. The molecule has 6 heteroatoms. The van der Waals surface area contributed by atoms with Crippen LogP contribution in [0.3, 0.4) is 0 Å². The van der Waals surface area contributed by atoms with Crippen molar-refractivity contribution in [1.29, 1.82) is 0 Å². The maximum atomic E-state index is 12.6. The molecule has 0 aliphatic heterocycles. The molecule has 0 unspecified atom stereocenters. The third kappa shape index (κ3) is 5.59. The van der Waals surface area contributed by atoms with Gasteiger partial charge in [-0.3, -0.25) is 9.59 Å². The maximum Gasteiger partial charge on any atom is 0.257 e. The van der Waals surface area contributed by atoms with Gasteiger partial charge in [-0.1, -0.05) is 41.4 Å². The second-order valence-electron chi connectivity index (χ2n) is 6.73. The number of benzene rings is 3. The zero-order valence-corrected chi connectivity index (χ0v) is 17.0. The van der Waals surface area contributed by atoms with Crippen molar-refractivity contribution in [3.63, 3.8) is 0 Å². The second-order valence-corrected chi connectivity index (χ2v) is 7.16. The van der Waals surface area contributed by atoms with E-state index >= 15 is 0 Å². The summed E-state index contributed by atoms with van der Waals surface area (Å²) in [5.74, 6) is -0.463. The van der Waals surface area contributed by atoms with Crippen LogP contribution in [0, 0.1) is 13.8 Å². The SMILES string of the molecule is Cc1ccc(NC(=O)CNc2ccccc2C(=O)Nc2ccc(Cl)cc2)c(C)c1. The van der Waals surface area contributed by atoms with Gasteiger partial charge in [-0.15, -0.1) is 0 Å². The molecule has 0 aromatic heterocycles. The minimum Gasteiger partial charge on any atom is -0.376 e. The molecule has 0 aliphatic carbocycles. The Balaban J connectivity index is 1.64. The van der Waals surface area contributed by atoms with Gasteiger partial charge in [-0.25, -0.2) is 0 Å². The highest BCUT2D eigenvalue weighted by Gasteiger charge is 2.12. The van der Waals surface area contributed by atoms with Crippen LogP contribution < -0.4 is 16.0 Å². The van der Waals surface area contributed by atoms with E-state index in [1.807, 2.05) is 38.1 Å². The van der Waals surface area contributed by atoms with Crippen molar-refractivity contribution in [2.24, 2.45) is 0 Å². The fourth-order valence-electron chi connectivity index (χ4n) is 2.89. The van der Waals surface area contributed by atoms with Gasteiger partial charge in [-0.2, -0.15) is 0 Å². The number of para-hydroxylation sites is 1. The number of amides is 2. The van der Waals surface area contributed by atoms with Crippen LogP contribution in [0.4, 0.5) is 17.1 Å². The van der Waals surface area contributed by atoms with Crippen molar-refractivity contribution in [3.05, 3.63) is 88.4 Å². The molecule has 0 atom stereocenters. The van der Waals surface area contributed by atoms with E-state index in [0.717, 1.165) is 16.8 Å². The first-order chi connectivity index (χ1) is 13.9. The van der Waals surface area contributed by atoms with Crippen LogP contribution in [0.15, 0.2) is 66.7 Å². The zero-order chi connectivity index (χ0) is 20.8. The molecule has 29 heavy (non-hydrogen) atoms. The van der Waals surface area contributed by atoms with Gasteiger partial charge in [0, 0.05) is 22.1 Å². The molecule has 2 amide bonds. The molecule has 0 bridgehead atoms. The lowest BCUT2D eigenvalue weighted by Crippen LogP contribution is -2.23. The summed E-state index contributed by atoms with van der Waals surface area (Å²) < 4.78 is 0. The second kappa shape index (κ2) is 9.26. The van der Waals surface area contributed by atoms with E-state index in [-0.39, 0.29) is 18.4 Å². The van der Waals surface area contributed by atoms with Crippen molar-refractivity contribution in [2.45, 2.75) is 13.8 Å². The summed E-state index contributed by atoms with van der Waals surface area (Å²) in [6.45, 7) is 4.00. The Labute approximate surface area is 175 Å². The Morgan fingerprint density at radius 3 is 2.31 bits per heavy atom. The summed E-state index contributed by atoms with van der Waals surface area (Å²) in [6, 6.07) is 19.8. The summed E-state index contributed by atoms with van der Waals surface area (Å²) >= 11 is 5.88. The number of aryl methyl sites for hydroxylation is 2. The molecule has 3 rings (SSSR count). The van der Waals surface area contributed by atoms with Gasteiger partial charge in [0.2, 0.25) is 5.91 Å². The normalized spacial score (nSPS) is 10.3. The summed E-state index contributed by atoms with van der Waals surface area (Å²) in [5, 5.41) is 9.36. The molecule has 0 spiro atoms. The number of rotatable bonds is 6. The molecular weight excluding hydrogens is 386 g/mol. The number of hydrogen-bond donors (Lipinski definition) is 3. The largest absolute Gasteiger partial charge is 0.376 e.